The Labute approximate surface area is 64.5 Å². The zero-order valence-corrected chi connectivity index (χ0v) is 6.16. The number of hydrogen-bond acceptors (Lipinski definition) is 3. The van der Waals surface area contributed by atoms with E-state index < -0.39 is 0 Å². The van der Waals surface area contributed by atoms with Gasteiger partial charge in [0.15, 0.2) is 0 Å². The quantitative estimate of drug-likeness (QED) is 0.474. The number of rotatable bonds is 2. The van der Waals surface area contributed by atoms with Crippen molar-refractivity contribution in [1.29, 1.82) is 5.41 Å². The fourth-order valence-corrected chi connectivity index (χ4v) is 0.678. The lowest BCUT2D eigenvalue weighted by Crippen LogP contribution is -2.11. The van der Waals surface area contributed by atoms with Crippen LogP contribution < -0.4 is 10.5 Å². The minimum Gasteiger partial charge on any atom is -0.495 e. The first-order valence-electron chi connectivity index (χ1n) is 3.07. The zero-order chi connectivity index (χ0) is 8.27. The average molecular weight is 151 g/mol. The molecule has 0 fully saturated rings. The Hall–Kier alpha value is -1.58. The Morgan fingerprint density at radius 3 is 2.91 bits per heavy atom. The molecule has 0 saturated carbocycles. The van der Waals surface area contributed by atoms with Gasteiger partial charge in [-0.3, -0.25) is 10.4 Å². The highest BCUT2D eigenvalue weighted by atomic mass is 16.5. The van der Waals surface area contributed by atoms with Crippen molar-refractivity contribution in [3.8, 4) is 5.75 Å². The second kappa shape index (κ2) is 3.01. The van der Waals surface area contributed by atoms with Crippen molar-refractivity contribution < 1.29 is 4.74 Å². The van der Waals surface area contributed by atoms with Crippen molar-refractivity contribution >= 4 is 5.84 Å². The van der Waals surface area contributed by atoms with Gasteiger partial charge in [-0.15, -0.1) is 0 Å². The molecular weight excluding hydrogens is 142 g/mol. The predicted octanol–water partition coefficient (Wildman–Crippen LogP) is 0.374. The van der Waals surface area contributed by atoms with E-state index in [4.69, 9.17) is 15.9 Å². The number of aromatic nitrogens is 1. The zero-order valence-electron chi connectivity index (χ0n) is 6.16. The molecule has 1 heterocycles. The summed E-state index contributed by atoms with van der Waals surface area (Å²) >= 11 is 0. The summed E-state index contributed by atoms with van der Waals surface area (Å²) in [6.45, 7) is 0. The maximum atomic E-state index is 7.09. The summed E-state index contributed by atoms with van der Waals surface area (Å²) in [4.78, 5) is 3.83. The van der Waals surface area contributed by atoms with E-state index in [0.717, 1.165) is 0 Å². The van der Waals surface area contributed by atoms with Crippen LogP contribution in [0.2, 0.25) is 0 Å². The summed E-state index contributed by atoms with van der Waals surface area (Å²) in [6.07, 6.45) is 3.08. The van der Waals surface area contributed by atoms with E-state index in [2.05, 4.69) is 4.98 Å². The molecule has 0 amide bonds. The van der Waals surface area contributed by atoms with Gasteiger partial charge < -0.3 is 10.5 Å². The van der Waals surface area contributed by atoms with Crippen molar-refractivity contribution in [3.05, 3.63) is 24.0 Å². The molecule has 0 aromatic carbocycles. The SMILES string of the molecule is COc1cncc(C(=N)N)c1. The molecule has 11 heavy (non-hydrogen) atoms. The van der Waals surface area contributed by atoms with Gasteiger partial charge in [0.05, 0.1) is 13.3 Å². The van der Waals surface area contributed by atoms with E-state index in [-0.39, 0.29) is 5.84 Å². The van der Waals surface area contributed by atoms with E-state index in [0.29, 0.717) is 11.3 Å². The summed E-state index contributed by atoms with van der Waals surface area (Å²) < 4.78 is 4.89. The highest BCUT2D eigenvalue weighted by Crippen LogP contribution is 2.08. The number of ether oxygens (including phenoxy) is 1. The van der Waals surface area contributed by atoms with Gasteiger partial charge in [0.25, 0.3) is 0 Å². The molecule has 0 spiro atoms. The molecule has 0 saturated heterocycles. The molecule has 1 aromatic rings. The second-order valence-corrected chi connectivity index (χ2v) is 2.03. The van der Waals surface area contributed by atoms with Gasteiger partial charge in [0.2, 0.25) is 0 Å². The van der Waals surface area contributed by atoms with Gasteiger partial charge in [-0.05, 0) is 6.07 Å². The molecule has 1 rings (SSSR count). The molecule has 0 atom stereocenters. The summed E-state index contributed by atoms with van der Waals surface area (Å²) in [5.41, 5.74) is 5.80. The molecule has 0 radical (unpaired) electrons. The van der Waals surface area contributed by atoms with Crippen LogP contribution in [0.1, 0.15) is 5.56 Å². The molecule has 0 aliphatic heterocycles. The smallest absolute Gasteiger partial charge is 0.137 e. The largest absolute Gasteiger partial charge is 0.495 e. The summed E-state index contributed by atoms with van der Waals surface area (Å²) in [7, 11) is 1.54. The number of nitrogen functional groups attached to an aromatic ring is 1. The molecule has 4 heteroatoms. The fraction of sp³-hybridized carbons (Fsp3) is 0.143. The summed E-state index contributed by atoms with van der Waals surface area (Å²) in [6, 6.07) is 1.66. The van der Waals surface area contributed by atoms with Crippen molar-refractivity contribution in [1.82, 2.24) is 4.98 Å². The van der Waals surface area contributed by atoms with E-state index in [1.165, 1.54) is 6.20 Å². The van der Waals surface area contributed by atoms with E-state index in [9.17, 15) is 0 Å². The van der Waals surface area contributed by atoms with Crippen LogP contribution in [0.15, 0.2) is 18.5 Å². The van der Waals surface area contributed by atoms with Crippen LogP contribution in [-0.4, -0.2) is 17.9 Å². The Morgan fingerprint density at radius 1 is 1.64 bits per heavy atom. The van der Waals surface area contributed by atoms with Crippen LogP contribution in [-0.2, 0) is 0 Å². The lowest BCUT2D eigenvalue weighted by molar-refractivity contribution is 0.413. The average Bonchev–Trinajstić information content (AvgIpc) is 2.05. The highest BCUT2D eigenvalue weighted by Gasteiger charge is 1.97. The third-order valence-electron chi connectivity index (χ3n) is 1.26. The Morgan fingerprint density at radius 2 is 2.36 bits per heavy atom. The van der Waals surface area contributed by atoms with Gasteiger partial charge in [-0.1, -0.05) is 0 Å². The molecule has 4 nitrogen and oxygen atoms in total. The Bertz CT molecular complexity index is 272. The molecule has 0 aliphatic rings. The number of nitrogens with one attached hydrogen (secondary N) is 1. The van der Waals surface area contributed by atoms with E-state index in [1.54, 1.807) is 19.4 Å². The molecule has 3 N–H and O–H groups in total. The highest BCUT2D eigenvalue weighted by molar-refractivity contribution is 5.94. The van der Waals surface area contributed by atoms with E-state index in [1.807, 2.05) is 0 Å². The third-order valence-corrected chi connectivity index (χ3v) is 1.26. The predicted molar refractivity (Wildman–Crippen MR) is 41.8 cm³/mol. The Kier molecular flexibility index (Phi) is 2.06. The molecule has 58 valence electrons. The fourth-order valence-electron chi connectivity index (χ4n) is 0.678. The topological polar surface area (TPSA) is 72.0 Å². The minimum atomic E-state index is -0.00333. The van der Waals surface area contributed by atoms with Gasteiger partial charge in [0, 0.05) is 11.8 Å². The van der Waals surface area contributed by atoms with Gasteiger partial charge >= 0.3 is 0 Å². The minimum absolute atomic E-state index is 0.00333. The van der Waals surface area contributed by atoms with Crippen molar-refractivity contribution in [2.45, 2.75) is 0 Å². The monoisotopic (exact) mass is 151 g/mol. The van der Waals surface area contributed by atoms with Gasteiger partial charge in [-0.25, -0.2) is 0 Å². The normalized spacial score (nSPS) is 9.18. The van der Waals surface area contributed by atoms with Crippen LogP contribution in [0.4, 0.5) is 0 Å². The molecule has 0 unspecified atom stereocenters. The summed E-state index contributed by atoms with van der Waals surface area (Å²) in [5.74, 6) is 0.606. The summed E-state index contributed by atoms with van der Waals surface area (Å²) in [5, 5.41) is 7.09. The lowest BCUT2D eigenvalue weighted by atomic mass is 10.2. The van der Waals surface area contributed by atoms with E-state index >= 15 is 0 Å². The number of hydrogen-bond donors (Lipinski definition) is 2. The molecule has 1 aromatic heterocycles. The van der Waals surface area contributed by atoms with Crippen LogP contribution in [0, 0.1) is 5.41 Å². The first-order chi connectivity index (χ1) is 5.24. The van der Waals surface area contributed by atoms with Gasteiger partial charge in [-0.2, -0.15) is 0 Å². The first-order valence-corrected chi connectivity index (χ1v) is 3.07. The maximum Gasteiger partial charge on any atom is 0.137 e. The number of pyridine rings is 1. The maximum absolute atomic E-state index is 7.09. The van der Waals surface area contributed by atoms with Crippen molar-refractivity contribution in [2.24, 2.45) is 5.73 Å². The van der Waals surface area contributed by atoms with Crippen molar-refractivity contribution in [2.75, 3.05) is 7.11 Å². The lowest BCUT2D eigenvalue weighted by Gasteiger charge is -2.00. The molecular formula is C7H9N3O. The third kappa shape index (κ3) is 1.67. The second-order valence-electron chi connectivity index (χ2n) is 2.03. The number of methoxy groups -OCH3 is 1. The number of amidine groups is 1. The van der Waals surface area contributed by atoms with Crippen LogP contribution >= 0.6 is 0 Å². The van der Waals surface area contributed by atoms with Crippen molar-refractivity contribution in [3.63, 3.8) is 0 Å². The number of nitrogens with zero attached hydrogens (tertiary/aromatic N) is 1. The molecule has 0 aliphatic carbocycles. The number of nitrogens with two attached hydrogens (primary N) is 1. The van der Waals surface area contributed by atoms with Crippen LogP contribution in [0.3, 0.4) is 0 Å². The van der Waals surface area contributed by atoms with Crippen LogP contribution in [0.25, 0.3) is 0 Å². The van der Waals surface area contributed by atoms with Gasteiger partial charge in [0.1, 0.15) is 11.6 Å². The van der Waals surface area contributed by atoms with Crippen LogP contribution in [0.5, 0.6) is 5.75 Å². The standard InChI is InChI=1S/C7H9N3O/c1-11-6-2-5(7(8)9)3-10-4-6/h2-4H,1H3,(H3,8,9). The molecule has 0 bridgehead atoms. The first kappa shape index (κ1) is 7.53. The Balaban J connectivity index is 3.01.